The third-order valence-corrected chi connectivity index (χ3v) is 4.01. The molecular weight excluding hydrogens is 365 g/mol. The molecule has 1 N–H and O–H groups in total. The standard InChI is InChI=1S/C18H15Cl2NO4/c1-11(22)12-4-2-5-13(8-12)21-17(23)10-25-18(24)9-14-15(19)6-3-7-16(14)20/h2-8H,9-10H2,1H3,(H,21,23). The van der Waals surface area contributed by atoms with E-state index in [0.29, 0.717) is 26.9 Å². The van der Waals surface area contributed by atoms with E-state index in [-0.39, 0.29) is 12.2 Å². The zero-order valence-corrected chi connectivity index (χ0v) is 14.9. The van der Waals surface area contributed by atoms with E-state index in [9.17, 15) is 14.4 Å². The van der Waals surface area contributed by atoms with Gasteiger partial charge in [0.05, 0.1) is 6.42 Å². The number of Topliss-reactive ketones (excluding diaryl/α,β-unsaturated/α-hetero) is 1. The number of esters is 1. The molecule has 1 amide bonds. The molecule has 0 fully saturated rings. The summed E-state index contributed by atoms with van der Waals surface area (Å²) in [6, 6.07) is 11.4. The average Bonchev–Trinajstić information content (AvgIpc) is 2.56. The van der Waals surface area contributed by atoms with Crippen LogP contribution in [0.2, 0.25) is 10.0 Å². The van der Waals surface area contributed by atoms with Crippen LogP contribution in [0.5, 0.6) is 0 Å². The highest BCUT2D eigenvalue weighted by Crippen LogP contribution is 2.24. The molecule has 2 aromatic carbocycles. The van der Waals surface area contributed by atoms with Gasteiger partial charge in [-0.2, -0.15) is 0 Å². The SMILES string of the molecule is CC(=O)c1cccc(NC(=O)COC(=O)Cc2c(Cl)cccc2Cl)c1. The van der Waals surface area contributed by atoms with Crippen molar-refractivity contribution in [3.05, 3.63) is 63.6 Å². The van der Waals surface area contributed by atoms with Crippen molar-refractivity contribution in [3.8, 4) is 0 Å². The Kier molecular flexibility index (Phi) is 6.56. The van der Waals surface area contributed by atoms with Crippen LogP contribution in [-0.2, 0) is 20.7 Å². The molecule has 0 aliphatic heterocycles. The predicted molar refractivity (Wildman–Crippen MR) is 96.2 cm³/mol. The summed E-state index contributed by atoms with van der Waals surface area (Å²) < 4.78 is 4.93. The van der Waals surface area contributed by atoms with Crippen LogP contribution in [0.25, 0.3) is 0 Å². The topological polar surface area (TPSA) is 72.5 Å². The number of nitrogens with one attached hydrogen (secondary N) is 1. The highest BCUT2D eigenvalue weighted by Gasteiger charge is 2.13. The van der Waals surface area contributed by atoms with Crippen molar-refractivity contribution in [2.24, 2.45) is 0 Å². The van der Waals surface area contributed by atoms with Crippen molar-refractivity contribution in [2.45, 2.75) is 13.3 Å². The first-order valence-electron chi connectivity index (χ1n) is 7.36. The fourth-order valence-electron chi connectivity index (χ4n) is 2.06. The fraction of sp³-hybridized carbons (Fsp3) is 0.167. The molecule has 0 unspecified atom stereocenters. The summed E-state index contributed by atoms with van der Waals surface area (Å²) >= 11 is 12.0. The molecule has 0 aliphatic rings. The number of anilines is 1. The van der Waals surface area contributed by atoms with Gasteiger partial charge < -0.3 is 10.1 Å². The second kappa shape index (κ2) is 8.65. The number of ether oxygens (including phenoxy) is 1. The lowest BCUT2D eigenvalue weighted by Gasteiger charge is -2.09. The first-order valence-corrected chi connectivity index (χ1v) is 8.12. The zero-order chi connectivity index (χ0) is 18.4. The lowest BCUT2D eigenvalue weighted by atomic mass is 10.1. The Morgan fingerprint density at radius 3 is 2.32 bits per heavy atom. The maximum atomic E-state index is 11.9. The van der Waals surface area contributed by atoms with Gasteiger partial charge in [-0.15, -0.1) is 0 Å². The molecule has 0 bridgehead atoms. The van der Waals surface area contributed by atoms with E-state index in [1.807, 2.05) is 0 Å². The number of rotatable bonds is 6. The van der Waals surface area contributed by atoms with E-state index in [1.54, 1.807) is 42.5 Å². The number of benzene rings is 2. The Hall–Kier alpha value is -2.37. The lowest BCUT2D eigenvalue weighted by Crippen LogP contribution is -2.21. The summed E-state index contributed by atoms with van der Waals surface area (Å²) in [5.74, 6) is -1.25. The number of hydrogen-bond donors (Lipinski definition) is 1. The molecule has 0 aromatic heterocycles. The molecule has 0 radical (unpaired) electrons. The molecule has 5 nitrogen and oxygen atoms in total. The van der Waals surface area contributed by atoms with Crippen LogP contribution in [0.3, 0.4) is 0 Å². The molecule has 0 atom stereocenters. The molecule has 0 saturated heterocycles. The lowest BCUT2D eigenvalue weighted by molar-refractivity contribution is -0.146. The molecule has 130 valence electrons. The number of hydrogen-bond acceptors (Lipinski definition) is 4. The van der Waals surface area contributed by atoms with Gasteiger partial charge in [0.25, 0.3) is 5.91 Å². The van der Waals surface area contributed by atoms with Gasteiger partial charge in [-0.3, -0.25) is 14.4 Å². The quantitative estimate of drug-likeness (QED) is 0.609. The van der Waals surface area contributed by atoms with E-state index < -0.39 is 18.5 Å². The molecule has 2 rings (SSSR count). The van der Waals surface area contributed by atoms with Crippen molar-refractivity contribution in [1.29, 1.82) is 0 Å². The normalized spacial score (nSPS) is 10.2. The van der Waals surface area contributed by atoms with Gasteiger partial charge in [0.15, 0.2) is 12.4 Å². The van der Waals surface area contributed by atoms with Gasteiger partial charge in [0.2, 0.25) is 0 Å². The average molecular weight is 380 g/mol. The Bertz CT molecular complexity index is 800. The first-order chi connectivity index (χ1) is 11.9. The minimum Gasteiger partial charge on any atom is -0.455 e. The molecule has 0 heterocycles. The monoisotopic (exact) mass is 379 g/mol. The zero-order valence-electron chi connectivity index (χ0n) is 13.3. The van der Waals surface area contributed by atoms with Crippen LogP contribution < -0.4 is 5.32 Å². The molecule has 7 heteroatoms. The second-order valence-corrected chi connectivity index (χ2v) is 6.04. The molecule has 0 aliphatic carbocycles. The van der Waals surface area contributed by atoms with Gasteiger partial charge in [-0.25, -0.2) is 0 Å². The molecule has 25 heavy (non-hydrogen) atoms. The maximum Gasteiger partial charge on any atom is 0.310 e. The third kappa shape index (κ3) is 5.59. The summed E-state index contributed by atoms with van der Waals surface area (Å²) in [4.78, 5) is 35.0. The van der Waals surface area contributed by atoms with Crippen LogP contribution in [0.4, 0.5) is 5.69 Å². The van der Waals surface area contributed by atoms with Crippen molar-refractivity contribution in [3.63, 3.8) is 0 Å². The van der Waals surface area contributed by atoms with Gasteiger partial charge in [0, 0.05) is 26.9 Å². The largest absolute Gasteiger partial charge is 0.455 e. The van der Waals surface area contributed by atoms with E-state index >= 15 is 0 Å². The van der Waals surface area contributed by atoms with Crippen LogP contribution in [-0.4, -0.2) is 24.3 Å². The molecule has 0 spiro atoms. The number of halogens is 2. The van der Waals surface area contributed by atoms with Gasteiger partial charge >= 0.3 is 5.97 Å². The molecule has 0 saturated carbocycles. The number of carbonyl (C=O) groups excluding carboxylic acids is 3. The third-order valence-electron chi connectivity index (χ3n) is 3.30. The van der Waals surface area contributed by atoms with Crippen molar-refractivity contribution in [1.82, 2.24) is 0 Å². The van der Waals surface area contributed by atoms with E-state index in [4.69, 9.17) is 27.9 Å². The van der Waals surface area contributed by atoms with Crippen LogP contribution >= 0.6 is 23.2 Å². The Labute approximate surface area is 154 Å². The Morgan fingerprint density at radius 1 is 1.04 bits per heavy atom. The minimum absolute atomic E-state index is 0.112. The Morgan fingerprint density at radius 2 is 1.68 bits per heavy atom. The number of carbonyl (C=O) groups is 3. The van der Waals surface area contributed by atoms with Crippen LogP contribution in [0.15, 0.2) is 42.5 Å². The van der Waals surface area contributed by atoms with Crippen molar-refractivity contribution in [2.75, 3.05) is 11.9 Å². The molecule has 2 aromatic rings. The molecular formula is C18H15Cl2NO4. The number of amides is 1. The number of ketones is 1. The summed E-state index contributed by atoms with van der Waals surface area (Å²) in [5, 5.41) is 3.27. The van der Waals surface area contributed by atoms with Crippen molar-refractivity contribution >= 4 is 46.5 Å². The van der Waals surface area contributed by atoms with Crippen LogP contribution in [0, 0.1) is 0 Å². The summed E-state index contributed by atoms with van der Waals surface area (Å²) in [5.41, 5.74) is 1.37. The van der Waals surface area contributed by atoms with Crippen LogP contribution in [0.1, 0.15) is 22.8 Å². The van der Waals surface area contributed by atoms with E-state index in [1.165, 1.54) is 6.92 Å². The van der Waals surface area contributed by atoms with Crippen molar-refractivity contribution < 1.29 is 19.1 Å². The Balaban J connectivity index is 1.88. The van der Waals surface area contributed by atoms with E-state index in [2.05, 4.69) is 5.32 Å². The maximum absolute atomic E-state index is 11.9. The fourth-order valence-corrected chi connectivity index (χ4v) is 2.59. The summed E-state index contributed by atoms with van der Waals surface area (Å²) in [6.45, 7) is 0.980. The first kappa shape index (κ1) is 19.0. The summed E-state index contributed by atoms with van der Waals surface area (Å²) in [7, 11) is 0. The highest BCUT2D eigenvalue weighted by molar-refractivity contribution is 6.36. The smallest absolute Gasteiger partial charge is 0.310 e. The van der Waals surface area contributed by atoms with Gasteiger partial charge in [0.1, 0.15) is 0 Å². The van der Waals surface area contributed by atoms with Gasteiger partial charge in [-0.05, 0) is 31.2 Å². The highest BCUT2D eigenvalue weighted by atomic mass is 35.5. The minimum atomic E-state index is -0.623. The second-order valence-electron chi connectivity index (χ2n) is 5.22. The predicted octanol–water partition coefficient (Wildman–Crippen LogP) is 3.92. The van der Waals surface area contributed by atoms with E-state index in [0.717, 1.165) is 0 Å². The van der Waals surface area contributed by atoms with Gasteiger partial charge in [-0.1, -0.05) is 41.4 Å². The summed E-state index contributed by atoms with van der Waals surface area (Å²) in [6.07, 6.45) is -0.133.